The number of hydrogen-bond acceptors (Lipinski definition) is 1. The number of nitrogens with one attached hydrogen (secondary N) is 2. The SMILES string of the molecule is CCNC(=NCc1cccc(C)c1)NCC1CC1. The van der Waals surface area contributed by atoms with Gasteiger partial charge in [0.15, 0.2) is 5.96 Å². The maximum Gasteiger partial charge on any atom is 0.191 e. The van der Waals surface area contributed by atoms with E-state index >= 15 is 0 Å². The molecule has 0 atom stereocenters. The van der Waals surface area contributed by atoms with Crippen LogP contribution in [0.25, 0.3) is 0 Å². The number of benzene rings is 1. The van der Waals surface area contributed by atoms with Crippen molar-refractivity contribution in [3.05, 3.63) is 35.4 Å². The molecule has 3 nitrogen and oxygen atoms in total. The molecule has 1 aromatic rings. The van der Waals surface area contributed by atoms with Crippen LogP contribution in [-0.2, 0) is 6.54 Å². The first-order chi connectivity index (χ1) is 8.78. The molecule has 0 bridgehead atoms. The molecule has 0 heterocycles. The number of aryl methyl sites for hydroxylation is 1. The van der Waals surface area contributed by atoms with E-state index in [-0.39, 0.29) is 0 Å². The van der Waals surface area contributed by atoms with Gasteiger partial charge < -0.3 is 10.6 Å². The summed E-state index contributed by atoms with van der Waals surface area (Å²) < 4.78 is 0. The third-order valence-electron chi connectivity index (χ3n) is 3.10. The van der Waals surface area contributed by atoms with Crippen LogP contribution < -0.4 is 10.6 Å². The van der Waals surface area contributed by atoms with Crippen LogP contribution in [0, 0.1) is 12.8 Å². The van der Waals surface area contributed by atoms with Crippen LogP contribution in [0.1, 0.15) is 30.9 Å². The maximum atomic E-state index is 4.62. The molecule has 3 heteroatoms. The molecule has 0 spiro atoms. The molecule has 0 radical (unpaired) electrons. The first kappa shape index (κ1) is 12.9. The summed E-state index contributed by atoms with van der Waals surface area (Å²) in [6, 6.07) is 8.52. The van der Waals surface area contributed by atoms with E-state index in [1.165, 1.54) is 24.0 Å². The van der Waals surface area contributed by atoms with Crippen LogP contribution in [0.3, 0.4) is 0 Å². The third kappa shape index (κ3) is 4.40. The number of nitrogens with zero attached hydrogens (tertiary/aromatic N) is 1. The van der Waals surface area contributed by atoms with Crippen LogP contribution in [-0.4, -0.2) is 19.0 Å². The molecule has 98 valence electrons. The predicted octanol–water partition coefficient (Wildman–Crippen LogP) is 2.46. The molecule has 1 aromatic carbocycles. The van der Waals surface area contributed by atoms with E-state index in [0.29, 0.717) is 0 Å². The average Bonchev–Trinajstić information content (AvgIpc) is 3.17. The molecule has 0 aliphatic heterocycles. The van der Waals surface area contributed by atoms with Crippen LogP contribution in [0.2, 0.25) is 0 Å². The number of aliphatic imine (C=N–C) groups is 1. The molecule has 1 aliphatic rings. The third-order valence-corrected chi connectivity index (χ3v) is 3.10. The molecule has 2 rings (SSSR count). The second-order valence-corrected chi connectivity index (χ2v) is 5.01. The summed E-state index contributed by atoms with van der Waals surface area (Å²) in [5.74, 6) is 1.80. The number of hydrogen-bond donors (Lipinski definition) is 2. The van der Waals surface area contributed by atoms with E-state index < -0.39 is 0 Å². The van der Waals surface area contributed by atoms with E-state index in [4.69, 9.17) is 0 Å². The molecule has 0 aromatic heterocycles. The summed E-state index contributed by atoms with van der Waals surface area (Å²) in [6.07, 6.45) is 2.73. The van der Waals surface area contributed by atoms with Gasteiger partial charge >= 0.3 is 0 Å². The van der Waals surface area contributed by atoms with Crippen molar-refractivity contribution in [1.82, 2.24) is 10.6 Å². The fraction of sp³-hybridized carbons (Fsp3) is 0.533. The minimum atomic E-state index is 0.738. The Labute approximate surface area is 110 Å². The lowest BCUT2D eigenvalue weighted by molar-refractivity contribution is 0.739. The summed E-state index contributed by atoms with van der Waals surface area (Å²) in [4.78, 5) is 4.62. The van der Waals surface area contributed by atoms with E-state index in [9.17, 15) is 0 Å². The number of rotatable bonds is 5. The standard InChI is InChI=1S/C15H23N3/c1-3-16-15(17-10-13-7-8-13)18-11-14-6-4-5-12(2)9-14/h4-6,9,13H,3,7-8,10-11H2,1-2H3,(H2,16,17,18). The van der Waals surface area contributed by atoms with Crippen LogP contribution in [0.5, 0.6) is 0 Å². The zero-order valence-corrected chi connectivity index (χ0v) is 11.4. The van der Waals surface area contributed by atoms with Gasteiger partial charge in [0.05, 0.1) is 6.54 Å². The Kier molecular flexibility index (Phi) is 4.62. The average molecular weight is 245 g/mol. The van der Waals surface area contributed by atoms with Crippen molar-refractivity contribution < 1.29 is 0 Å². The lowest BCUT2D eigenvalue weighted by atomic mass is 10.1. The van der Waals surface area contributed by atoms with Crippen molar-refractivity contribution in [3.8, 4) is 0 Å². The van der Waals surface area contributed by atoms with Gasteiger partial charge in [0.1, 0.15) is 0 Å². The maximum absolute atomic E-state index is 4.62. The number of guanidine groups is 1. The lowest BCUT2D eigenvalue weighted by Gasteiger charge is -2.10. The molecule has 1 fully saturated rings. The van der Waals surface area contributed by atoms with Gasteiger partial charge in [-0.25, -0.2) is 4.99 Å². The molecular weight excluding hydrogens is 222 g/mol. The van der Waals surface area contributed by atoms with Gasteiger partial charge in [-0.05, 0) is 38.2 Å². The quantitative estimate of drug-likeness (QED) is 0.617. The van der Waals surface area contributed by atoms with Crippen LogP contribution in [0.15, 0.2) is 29.3 Å². The molecular formula is C15H23N3. The van der Waals surface area contributed by atoms with E-state index in [1.807, 2.05) is 0 Å². The summed E-state index contributed by atoms with van der Waals surface area (Å²) >= 11 is 0. The minimum absolute atomic E-state index is 0.738. The highest BCUT2D eigenvalue weighted by molar-refractivity contribution is 5.79. The fourth-order valence-electron chi connectivity index (χ4n) is 1.89. The largest absolute Gasteiger partial charge is 0.357 e. The lowest BCUT2D eigenvalue weighted by Crippen LogP contribution is -2.38. The van der Waals surface area contributed by atoms with Crippen LogP contribution in [0.4, 0.5) is 0 Å². The normalized spacial score (nSPS) is 15.6. The summed E-state index contributed by atoms with van der Waals surface area (Å²) in [5, 5.41) is 6.70. The minimum Gasteiger partial charge on any atom is -0.357 e. The van der Waals surface area contributed by atoms with Crippen molar-refractivity contribution in [3.63, 3.8) is 0 Å². The Balaban J connectivity index is 1.89. The van der Waals surface area contributed by atoms with E-state index in [1.54, 1.807) is 0 Å². The van der Waals surface area contributed by atoms with Crippen molar-refractivity contribution in [2.24, 2.45) is 10.9 Å². The Morgan fingerprint density at radius 3 is 2.83 bits per heavy atom. The molecule has 0 unspecified atom stereocenters. The van der Waals surface area contributed by atoms with Crippen LogP contribution >= 0.6 is 0 Å². The van der Waals surface area contributed by atoms with Gasteiger partial charge in [0, 0.05) is 13.1 Å². The van der Waals surface area contributed by atoms with Gasteiger partial charge in [-0.3, -0.25) is 0 Å². The van der Waals surface area contributed by atoms with Gasteiger partial charge in [0.2, 0.25) is 0 Å². The highest BCUT2D eigenvalue weighted by Crippen LogP contribution is 2.27. The van der Waals surface area contributed by atoms with Crippen molar-refractivity contribution in [2.75, 3.05) is 13.1 Å². The Bertz CT molecular complexity index is 408. The highest BCUT2D eigenvalue weighted by atomic mass is 15.2. The predicted molar refractivity (Wildman–Crippen MR) is 76.7 cm³/mol. The second kappa shape index (κ2) is 6.43. The van der Waals surface area contributed by atoms with Gasteiger partial charge in [0.25, 0.3) is 0 Å². The fourth-order valence-corrected chi connectivity index (χ4v) is 1.89. The van der Waals surface area contributed by atoms with Crippen molar-refractivity contribution in [1.29, 1.82) is 0 Å². The summed E-state index contributed by atoms with van der Waals surface area (Å²) in [5.41, 5.74) is 2.55. The van der Waals surface area contributed by atoms with Gasteiger partial charge in [-0.2, -0.15) is 0 Å². The monoisotopic (exact) mass is 245 g/mol. The second-order valence-electron chi connectivity index (χ2n) is 5.01. The first-order valence-electron chi connectivity index (χ1n) is 6.85. The van der Waals surface area contributed by atoms with E-state index in [0.717, 1.165) is 31.5 Å². The van der Waals surface area contributed by atoms with E-state index in [2.05, 4.69) is 53.7 Å². The topological polar surface area (TPSA) is 36.4 Å². The Morgan fingerprint density at radius 2 is 2.17 bits per heavy atom. The first-order valence-corrected chi connectivity index (χ1v) is 6.85. The smallest absolute Gasteiger partial charge is 0.191 e. The summed E-state index contributed by atoms with van der Waals surface area (Å²) in [7, 11) is 0. The molecule has 1 saturated carbocycles. The van der Waals surface area contributed by atoms with Gasteiger partial charge in [-0.15, -0.1) is 0 Å². The Morgan fingerprint density at radius 1 is 1.33 bits per heavy atom. The van der Waals surface area contributed by atoms with Gasteiger partial charge in [-0.1, -0.05) is 29.8 Å². The molecule has 1 aliphatic carbocycles. The van der Waals surface area contributed by atoms with Crippen molar-refractivity contribution >= 4 is 5.96 Å². The molecule has 0 amide bonds. The summed E-state index contributed by atoms with van der Waals surface area (Å²) in [6.45, 7) is 6.91. The molecule has 2 N–H and O–H groups in total. The van der Waals surface area contributed by atoms with Crippen molar-refractivity contribution in [2.45, 2.75) is 33.2 Å². The Hall–Kier alpha value is -1.51. The highest BCUT2D eigenvalue weighted by Gasteiger charge is 2.20. The molecule has 18 heavy (non-hydrogen) atoms. The zero-order valence-electron chi connectivity index (χ0n) is 11.4. The zero-order chi connectivity index (χ0) is 12.8. The molecule has 0 saturated heterocycles.